The van der Waals surface area contributed by atoms with Crippen LogP contribution in [0.2, 0.25) is 0 Å². The van der Waals surface area contributed by atoms with Crippen molar-refractivity contribution in [3.63, 3.8) is 0 Å². The lowest BCUT2D eigenvalue weighted by Gasteiger charge is -2.34. The van der Waals surface area contributed by atoms with E-state index in [1.165, 1.54) is 4.31 Å². The van der Waals surface area contributed by atoms with Crippen LogP contribution in [0.15, 0.2) is 78.9 Å². The molecule has 0 aliphatic carbocycles. The molecule has 3 aromatic rings. The molecule has 4 rings (SSSR count). The standard InChI is InChI=1S/C27H31N3O4S/c1-3-29(4-2)23-16-14-21(15-17-23)18-28-27(31)26-19-30(24-12-8-9-13-25(24)34-26)35(32,33)20-22-10-6-5-7-11-22/h5-17,26H,3-4,18-20H2,1-2H3,(H,28,31)/t26-/m1/s1. The van der Waals surface area contributed by atoms with Crippen molar-refractivity contribution < 1.29 is 17.9 Å². The summed E-state index contributed by atoms with van der Waals surface area (Å²) in [7, 11) is -3.73. The van der Waals surface area contributed by atoms with Crippen molar-refractivity contribution in [3.05, 3.63) is 90.0 Å². The van der Waals surface area contributed by atoms with Crippen LogP contribution in [0.5, 0.6) is 5.75 Å². The van der Waals surface area contributed by atoms with Crippen molar-refractivity contribution in [1.29, 1.82) is 0 Å². The quantitative estimate of drug-likeness (QED) is 0.488. The fraction of sp³-hybridized carbons (Fsp3) is 0.296. The van der Waals surface area contributed by atoms with Gasteiger partial charge in [-0.2, -0.15) is 0 Å². The van der Waals surface area contributed by atoms with Gasteiger partial charge in [-0.1, -0.05) is 54.6 Å². The molecule has 1 amide bonds. The Bertz CT molecular complexity index is 1240. The highest BCUT2D eigenvalue weighted by Gasteiger charge is 2.36. The molecule has 0 spiro atoms. The largest absolute Gasteiger partial charge is 0.476 e. The van der Waals surface area contributed by atoms with Crippen molar-refractivity contribution in [1.82, 2.24) is 5.32 Å². The van der Waals surface area contributed by atoms with Gasteiger partial charge in [-0.15, -0.1) is 0 Å². The molecule has 0 fully saturated rings. The van der Waals surface area contributed by atoms with Gasteiger partial charge in [-0.25, -0.2) is 8.42 Å². The Hall–Kier alpha value is -3.52. The smallest absolute Gasteiger partial charge is 0.263 e. The second-order valence-electron chi connectivity index (χ2n) is 8.40. The molecule has 0 aromatic heterocycles. The Morgan fingerprint density at radius 2 is 1.60 bits per heavy atom. The first-order valence-corrected chi connectivity index (χ1v) is 13.4. The van der Waals surface area contributed by atoms with Crippen LogP contribution in [0.3, 0.4) is 0 Å². The van der Waals surface area contributed by atoms with E-state index in [1.807, 2.05) is 42.5 Å². The maximum absolute atomic E-state index is 13.3. The van der Waals surface area contributed by atoms with Gasteiger partial charge in [0.1, 0.15) is 5.75 Å². The lowest BCUT2D eigenvalue weighted by Crippen LogP contribution is -2.50. The molecule has 1 atom stereocenters. The van der Waals surface area contributed by atoms with Gasteiger partial charge >= 0.3 is 0 Å². The average Bonchev–Trinajstić information content (AvgIpc) is 2.88. The number of benzene rings is 3. The van der Waals surface area contributed by atoms with Gasteiger partial charge in [0.2, 0.25) is 10.0 Å². The maximum Gasteiger partial charge on any atom is 0.263 e. The predicted molar refractivity (Wildman–Crippen MR) is 139 cm³/mol. The topological polar surface area (TPSA) is 79.0 Å². The SMILES string of the molecule is CCN(CC)c1ccc(CNC(=O)[C@H]2CN(S(=O)(=O)Cc3ccccc3)c3ccccc3O2)cc1. The van der Waals surface area contributed by atoms with Gasteiger partial charge in [-0.05, 0) is 49.2 Å². The molecular formula is C27H31N3O4S. The van der Waals surface area contributed by atoms with Gasteiger partial charge in [-0.3, -0.25) is 9.10 Å². The van der Waals surface area contributed by atoms with Crippen molar-refractivity contribution in [2.75, 3.05) is 28.8 Å². The zero-order valence-corrected chi connectivity index (χ0v) is 20.9. The number of ether oxygens (including phenoxy) is 1. The third kappa shape index (κ3) is 5.77. The van der Waals surface area contributed by atoms with Crippen LogP contribution in [-0.4, -0.2) is 40.1 Å². The summed E-state index contributed by atoms with van der Waals surface area (Å²) in [6, 6.07) is 24.0. The van der Waals surface area contributed by atoms with E-state index in [1.54, 1.807) is 36.4 Å². The minimum Gasteiger partial charge on any atom is -0.476 e. The van der Waals surface area contributed by atoms with Crippen LogP contribution >= 0.6 is 0 Å². The van der Waals surface area contributed by atoms with Crippen LogP contribution < -0.4 is 19.3 Å². The van der Waals surface area contributed by atoms with Crippen molar-refractivity contribution in [2.45, 2.75) is 32.2 Å². The third-order valence-electron chi connectivity index (χ3n) is 6.09. The summed E-state index contributed by atoms with van der Waals surface area (Å²) in [4.78, 5) is 15.3. The predicted octanol–water partition coefficient (Wildman–Crippen LogP) is 3.95. The van der Waals surface area contributed by atoms with E-state index < -0.39 is 16.1 Å². The van der Waals surface area contributed by atoms with Gasteiger partial charge in [0.25, 0.3) is 5.91 Å². The van der Waals surface area contributed by atoms with Crippen LogP contribution in [0.1, 0.15) is 25.0 Å². The molecule has 8 heteroatoms. The van der Waals surface area contributed by atoms with Gasteiger partial charge in [0, 0.05) is 25.3 Å². The summed E-state index contributed by atoms with van der Waals surface area (Å²) < 4.78 is 33.9. The second-order valence-corrected chi connectivity index (χ2v) is 10.3. The highest BCUT2D eigenvalue weighted by Crippen LogP contribution is 2.35. The zero-order chi connectivity index (χ0) is 24.8. The lowest BCUT2D eigenvalue weighted by molar-refractivity contribution is -0.127. The van der Waals surface area contributed by atoms with E-state index in [0.29, 0.717) is 23.5 Å². The monoisotopic (exact) mass is 493 g/mol. The summed E-state index contributed by atoms with van der Waals surface area (Å²) in [5.41, 5.74) is 3.22. The van der Waals surface area contributed by atoms with Gasteiger partial charge < -0.3 is 15.0 Å². The molecule has 1 heterocycles. The molecule has 1 N–H and O–H groups in total. The number of carbonyl (C=O) groups is 1. The Kier molecular flexibility index (Phi) is 7.60. The molecule has 1 aliphatic rings. The number of nitrogens with zero attached hydrogens (tertiary/aromatic N) is 2. The Labute approximate surface area is 207 Å². The molecule has 184 valence electrons. The van der Waals surface area contributed by atoms with Crippen molar-refractivity contribution in [2.24, 2.45) is 0 Å². The van der Waals surface area contributed by atoms with E-state index in [-0.39, 0.29) is 18.2 Å². The summed E-state index contributed by atoms with van der Waals surface area (Å²) >= 11 is 0. The van der Waals surface area contributed by atoms with E-state index in [0.717, 1.165) is 24.3 Å². The Morgan fingerprint density at radius 1 is 0.943 bits per heavy atom. The number of hydrogen-bond donors (Lipinski definition) is 1. The number of carbonyl (C=O) groups excluding carboxylic acids is 1. The van der Waals surface area contributed by atoms with E-state index in [9.17, 15) is 13.2 Å². The first-order valence-electron chi connectivity index (χ1n) is 11.8. The highest BCUT2D eigenvalue weighted by atomic mass is 32.2. The van der Waals surface area contributed by atoms with Gasteiger partial charge in [0.05, 0.1) is 18.0 Å². The zero-order valence-electron chi connectivity index (χ0n) is 20.1. The first-order chi connectivity index (χ1) is 16.9. The fourth-order valence-corrected chi connectivity index (χ4v) is 5.76. The summed E-state index contributed by atoms with van der Waals surface area (Å²) in [6.07, 6.45) is -0.953. The number of fused-ring (bicyclic) bond motifs is 1. The maximum atomic E-state index is 13.3. The first kappa shape index (κ1) is 24.6. The average molecular weight is 494 g/mol. The van der Waals surface area contributed by atoms with E-state index in [2.05, 4.69) is 24.1 Å². The molecule has 1 aliphatic heterocycles. The Balaban J connectivity index is 1.47. The molecule has 0 unspecified atom stereocenters. The lowest BCUT2D eigenvalue weighted by atomic mass is 10.1. The molecule has 3 aromatic carbocycles. The van der Waals surface area contributed by atoms with Crippen LogP contribution in [0.4, 0.5) is 11.4 Å². The minimum atomic E-state index is -3.73. The van der Waals surface area contributed by atoms with Crippen LogP contribution in [0.25, 0.3) is 0 Å². The summed E-state index contributed by atoms with van der Waals surface area (Å²) in [6.45, 7) is 6.33. The molecule has 0 radical (unpaired) electrons. The summed E-state index contributed by atoms with van der Waals surface area (Å²) in [5.74, 6) is -0.138. The number of sulfonamides is 1. The van der Waals surface area contributed by atoms with Crippen LogP contribution in [0, 0.1) is 0 Å². The number of hydrogen-bond acceptors (Lipinski definition) is 5. The normalized spacial score (nSPS) is 15.1. The van der Waals surface area contributed by atoms with Crippen molar-refractivity contribution in [3.8, 4) is 5.75 Å². The molecule has 0 bridgehead atoms. The third-order valence-corrected chi connectivity index (χ3v) is 7.80. The number of nitrogens with one attached hydrogen (secondary N) is 1. The van der Waals surface area contributed by atoms with Crippen molar-refractivity contribution >= 4 is 27.3 Å². The highest BCUT2D eigenvalue weighted by molar-refractivity contribution is 7.92. The second kappa shape index (κ2) is 10.8. The molecule has 0 saturated heterocycles. The Morgan fingerprint density at radius 3 is 2.29 bits per heavy atom. The molecule has 35 heavy (non-hydrogen) atoms. The molecule has 7 nitrogen and oxygen atoms in total. The van der Waals surface area contributed by atoms with Crippen LogP contribution in [-0.2, 0) is 27.1 Å². The van der Waals surface area contributed by atoms with E-state index >= 15 is 0 Å². The number of amides is 1. The fourth-order valence-electron chi connectivity index (χ4n) is 4.18. The number of anilines is 2. The molecule has 0 saturated carbocycles. The van der Waals surface area contributed by atoms with E-state index in [4.69, 9.17) is 4.74 Å². The number of rotatable bonds is 9. The minimum absolute atomic E-state index is 0.0844. The number of para-hydroxylation sites is 2. The van der Waals surface area contributed by atoms with Gasteiger partial charge in [0.15, 0.2) is 6.10 Å². The molecular weight excluding hydrogens is 462 g/mol. The summed E-state index contributed by atoms with van der Waals surface area (Å²) in [5, 5.41) is 2.90.